The van der Waals surface area contributed by atoms with E-state index in [1.54, 1.807) is 7.11 Å². The van der Waals surface area contributed by atoms with Crippen LogP contribution in [0.15, 0.2) is 84.9 Å². The predicted molar refractivity (Wildman–Crippen MR) is 246 cm³/mol. The van der Waals surface area contributed by atoms with E-state index in [2.05, 4.69) is 184 Å². The lowest BCUT2D eigenvalue weighted by Crippen LogP contribution is -2.17. The summed E-state index contributed by atoms with van der Waals surface area (Å²) in [6.07, 6.45) is 18.6. The van der Waals surface area contributed by atoms with Crippen LogP contribution in [0.3, 0.4) is 0 Å². The number of anilines is 3. The number of methoxy groups -OCH3 is 1. The van der Waals surface area contributed by atoms with Crippen LogP contribution in [0, 0.1) is 31.1 Å². The Bertz CT molecular complexity index is 1850. The van der Waals surface area contributed by atoms with Crippen LogP contribution in [0.5, 0.6) is 11.5 Å². The molecule has 4 aromatic rings. The van der Waals surface area contributed by atoms with Crippen molar-refractivity contribution in [2.45, 2.75) is 133 Å². The van der Waals surface area contributed by atoms with E-state index in [0.717, 1.165) is 57.6 Å². The highest BCUT2D eigenvalue weighted by atomic mass is 16.5. The van der Waals surface area contributed by atoms with Crippen LogP contribution in [0.4, 0.5) is 17.1 Å². The smallest absolute Gasteiger partial charge is 0.127 e. The van der Waals surface area contributed by atoms with Crippen LogP contribution < -0.4 is 14.4 Å². The number of nitrogens with zero attached hydrogens (tertiary/aromatic N) is 1. The van der Waals surface area contributed by atoms with Gasteiger partial charge >= 0.3 is 0 Å². The molecule has 302 valence electrons. The summed E-state index contributed by atoms with van der Waals surface area (Å²) in [7, 11) is 1.75. The van der Waals surface area contributed by atoms with Gasteiger partial charge in [-0.2, -0.15) is 0 Å². The highest BCUT2D eigenvalue weighted by Crippen LogP contribution is 2.38. The van der Waals surface area contributed by atoms with E-state index >= 15 is 0 Å². The molecule has 0 fully saturated rings. The average molecular weight is 756 g/mol. The summed E-state index contributed by atoms with van der Waals surface area (Å²) >= 11 is 0. The molecule has 0 aliphatic rings. The van der Waals surface area contributed by atoms with Crippen LogP contribution in [-0.4, -0.2) is 13.7 Å². The molecule has 0 bridgehead atoms. The van der Waals surface area contributed by atoms with Gasteiger partial charge in [0.25, 0.3) is 0 Å². The first kappa shape index (κ1) is 44.5. The number of hydrogen-bond acceptors (Lipinski definition) is 3. The second kappa shape index (κ2) is 20.8. The third-order valence-corrected chi connectivity index (χ3v) is 11.1. The van der Waals surface area contributed by atoms with E-state index in [-0.39, 0.29) is 10.8 Å². The summed E-state index contributed by atoms with van der Waals surface area (Å²) < 4.78 is 12.5. The molecule has 3 nitrogen and oxygen atoms in total. The summed E-state index contributed by atoms with van der Waals surface area (Å²) in [5, 5.41) is 0. The monoisotopic (exact) mass is 756 g/mol. The molecule has 0 aromatic heterocycles. The molecule has 4 rings (SSSR count). The number of rotatable bonds is 20. The Balaban J connectivity index is 1.61. The molecule has 0 heterocycles. The zero-order valence-corrected chi connectivity index (χ0v) is 37.1. The molecule has 0 N–H and O–H groups in total. The maximum atomic E-state index is 6.54. The van der Waals surface area contributed by atoms with Crippen LogP contribution in [-0.2, 0) is 5.41 Å². The molecule has 0 aliphatic carbocycles. The fourth-order valence-corrected chi connectivity index (χ4v) is 7.14. The fraction of sp³-hybridized carbons (Fsp3) is 0.472. The SMILES string of the molecule is CCCCCC(C)(C)c1ccc(N(c2ccc(C=Cc3cc(OCCC(C)CCCC(C)C)c(C=CC(C)(C)C)cc3OC)cc2)c2ccc(C)c(C)c2)cc1. The quantitative estimate of drug-likeness (QED) is 0.0662. The molecular weight excluding hydrogens is 683 g/mol. The Labute approximate surface area is 342 Å². The second-order valence-electron chi connectivity index (χ2n) is 18.3. The molecular formula is C53H73NO2. The third kappa shape index (κ3) is 13.5. The topological polar surface area (TPSA) is 21.7 Å². The second-order valence-corrected chi connectivity index (χ2v) is 18.3. The Morgan fingerprint density at radius 2 is 1.27 bits per heavy atom. The van der Waals surface area contributed by atoms with Gasteiger partial charge in [-0.25, -0.2) is 0 Å². The number of allylic oxidation sites excluding steroid dienone is 1. The highest BCUT2D eigenvalue weighted by Gasteiger charge is 2.21. The standard InChI is InChI=1S/C53H73NO2/c1-13-14-15-33-53(10,11)46-24-29-48(30-25-46)54(49-26-19-41(5)42(6)36-49)47-27-21-43(22-28-47)20-23-44-38-51(56-35-32-40(4)18-16-17-39(2)3)45(37-50(44)55-12)31-34-52(7,8)9/h19-31,34,36-40H,13-18,32-33,35H2,1-12H3. The molecule has 1 atom stereocenters. The van der Waals surface area contributed by atoms with Crippen molar-refractivity contribution in [2.24, 2.45) is 17.3 Å². The van der Waals surface area contributed by atoms with E-state index in [1.165, 1.54) is 61.6 Å². The molecule has 3 heteroatoms. The normalized spacial score (nSPS) is 12.9. The van der Waals surface area contributed by atoms with Gasteiger partial charge in [-0.15, -0.1) is 0 Å². The Hall–Kier alpha value is -4.24. The van der Waals surface area contributed by atoms with Gasteiger partial charge in [0.1, 0.15) is 11.5 Å². The molecule has 0 saturated heterocycles. The minimum Gasteiger partial charge on any atom is -0.496 e. The van der Waals surface area contributed by atoms with E-state index in [9.17, 15) is 0 Å². The van der Waals surface area contributed by atoms with Crippen LogP contribution in [0.25, 0.3) is 18.2 Å². The Morgan fingerprint density at radius 3 is 1.88 bits per heavy atom. The first-order chi connectivity index (χ1) is 26.6. The highest BCUT2D eigenvalue weighted by molar-refractivity contribution is 5.80. The van der Waals surface area contributed by atoms with Gasteiger partial charge in [-0.1, -0.05) is 155 Å². The van der Waals surface area contributed by atoms with Crippen LogP contribution in [0.1, 0.15) is 147 Å². The molecule has 0 spiro atoms. The average Bonchev–Trinajstić information content (AvgIpc) is 3.15. The molecule has 1 unspecified atom stereocenters. The van der Waals surface area contributed by atoms with Crippen molar-refractivity contribution in [3.05, 3.63) is 118 Å². The van der Waals surface area contributed by atoms with Gasteiger partial charge in [0.15, 0.2) is 0 Å². The molecule has 56 heavy (non-hydrogen) atoms. The van der Waals surface area contributed by atoms with E-state index in [1.807, 2.05) is 0 Å². The summed E-state index contributed by atoms with van der Waals surface area (Å²) in [5.74, 6) is 3.13. The number of hydrogen-bond donors (Lipinski definition) is 0. The number of aryl methyl sites for hydroxylation is 2. The van der Waals surface area contributed by atoms with Crippen molar-refractivity contribution in [1.29, 1.82) is 0 Å². The molecule has 0 radical (unpaired) electrons. The predicted octanol–water partition coefficient (Wildman–Crippen LogP) is 16.1. The maximum absolute atomic E-state index is 6.54. The van der Waals surface area contributed by atoms with E-state index in [0.29, 0.717) is 12.5 Å². The number of ether oxygens (including phenoxy) is 2. The van der Waals surface area contributed by atoms with Crippen LogP contribution >= 0.6 is 0 Å². The van der Waals surface area contributed by atoms with Gasteiger partial charge in [-0.05, 0) is 120 Å². The molecule has 0 amide bonds. The lowest BCUT2D eigenvalue weighted by molar-refractivity contribution is 0.275. The first-order valence-corrected chi connectivity index (χ1v) is 21.4. The zero-order chi connectivity index (χ0) is 40.9. The Morgan fingerprint density at radius 1 is 0.643 bits per heavy atom. The summed E-state index contributed by atoms with van der Waals surface area (Å²) in [6, 6.07) is 29.1. The van der Waals surface area contributed by atoms with Crippen molar-refractivity contribution in [3.63, 3.8) is 0 Å². The van der Waals surface area contributed by atoms with Gasteiger partial charge in [0.2, 0.25) is 0 Å². The summed E-state index contributed by atoms with van der Waals surface area (Å²) in [5.41, 5.74) is 10.8. The van der Waals surface area contributed by atoms with Gasteiger partial charge in [-0.3, -0.25) is 0 Å². The van der Waals surface area contributed by atoms with Crippen molar-refractivity contribution in [1.82, 2.24) is 0 Å². The lowest BCUT2D eigenvalue weighted by Gasteiger charge is -2.29. The van der Waals surface area contributed by atoms with Gasteiger partial charge in [0.05, 0.1) is 13.7 Å². The van der Waals surface area contributed by atoms with Crippen molar-refractivity contribution >= 4 is 35.3 Å². The molecule has 0 saturated carbocycles. The first-order valence-electron chi connectivity index (χ1n) is 21.4. The van der Waals surface area contributed by atoms with E-state index in [4.69, 9.17) is 9.47 Å². The van der Waals surface area contributed by atoms with Gasteiger partial charge in [0, 0.05) is 28.2 Å². The third-order valence-electron chi connectivity index (χ3n) is 11.1. The van der Waals surface area contributed by atoms with Crippen molar-refractivity contribution in [3.8, 4) is 11.5 Å². The number of benzene rings is 4. The molecule has 4 aromatic carbocycles. The largest absolute Gasteiger partial charge is 0.496 e. The minimum atomic E-state index is 0.0578. The minimum absolute atomic E-state index is 0.0578. The fourth-order valence-electron chi connectivity index (χ4n) is 7.14. The summed E-state index contributed by atoms with van der Waals surface area (Å²) in [6.45, 7) is 25.7. The maximum Gasteiger partial charge on any atom is 0.127 e. The molecule has 0 aliphatic heterocycles. The Kier molecular flexibility index (Phi) is 16.5. The number of unbranched alkanes of at least 4 members (excludes halogenated alkanes) is 2. The van der Waals surface area contributed by atoms with E-state index < -0.39 is 0 Å². The zero-order valence-electron chi connectivity index (χ0n) is 37.1. The lowest BCUT2D eigenvalue weighted by atomic mass is 9.80. The van der Waals surface area contributed by atoms with Crippen molar-refractivity contribution in [2.75, 3.05) is 18.6 Å². The van der Waals surface area contributed by atoms with Crippen molar-refractivity contribution < 1.29 is 9.47 Å². The summed E-state index contributed by atoms with van der Waals surface area (Å²) in [4.78, 5) is 2.37. The van der Waals surface area contributed by atoms with Gasteiger partial charge < -0.3 is 14.4 Å². The van der Waals surface area contributed by atoms with Crippen LogP contribution in [0.2, 0.25) is 0 Å².